The summed E-state index contributed by atoms with van der Waals surface area (Å²) in [6.45, 7) is 0. The van der Waals surface area contributed by atoms with Crippen molar-refractivity contribution in [2.75, 3.05) is 0 Å². The van der Waals surface area contributed by atoms with Crippen molar-refractivity contribution < 1.29 is 0 Å². The van der Waals surface area contributed by atoms with Crippen molar-refractivity contribution in [2.45, 2.75) is 0 Å². The van der Waals surface area contributed by atoms with Gasteiger partial charge < -0.3 is 0 Å². The van der Waals surface area contributed by atoms with Crippen molar-refractivity contribution in [3.05, 3.63) is 218 Å². The molecule has 0 radical (unpaired) electrons. The van der Waals surface area contributed by atoms with E-state index in [4.69, 9.17) is 0 Å². The Morgan fingerprint density at radius 3 is 0.960 bits per heavy atom. The molecule has 236 valence electrons. The van der Waals surface area contributed by atoms with Crippen LogP contribution in [-0.4, -0.2) is 21.3 Å². The molecule has 0 saturated heterocycles. The first kappa shape index (κ1) is 30.6. The van der Waals surface area contributed by atoms with Crippen LogP contribution in [0, 0.1) is 0 Å². The van der Waals surface area contributed by atoms with Gasteiger partial charge in [-0.05, 0) is 0 Å². The van der Waals surface area contributed by atoms with Crippen LogP contribution in [0.1, 0.15) is 0 Å². The maximum absolute atomic E-state index is 3.42. The molecule has 8 aromatic carbocycles. The number of fused-ring (bicyclic) bond motifs is 5. The van der Waals surface area contributed by atoms with Gasteiger partial charge in [-0.2, -0.15) is 0 Å². The van der Waals surface area contributed by atoms with E-state index in [0.29, 0.717) is 0 Å². The van der Waals surface area contributed by atoms with Gasteiger partial charge in [0.05, 0.1) is 0 Å². The van der Waals surface area contributed by atoms with E-state index < -0.39 is 21.3 Å². The molecule has 1 aliphatic heterocycles. The summed E-state index contributed by atoms with van der Waals surface area (Å²) in [7, 11) is -2.82. The van der Waals surface area contributed by atoms with Gasteiger partial charge in [0.2, 0.25) is 0 Å². The molecule has 50 heavy (non-hydrogen) atoms. The average Bonchev–Trinajstić information content (AvgIpc) is 3.32. The summed E-state index contributed by atoms with van der Waals surface area (Å²) in [4.78, 5) is 0. The summed E-state index contributed by atoms with van der Waals surface area (Å²) in [5, 5.41) is 5.70. The van der Waals surface area contributed by atoms with Gasteiger partial charge in [0.15, 0.2) is 0 Å². The molecule has 0 unspecified atom stereocenters. The number of hydrogen-bond donors (Lipinski definition) is 0. The molecular formula is C48H36GeSi. The summed E-state index contributed by atoms with van der Waals surface area (Å²) in [6, 6.07) is 82.7. The molecular weight excluding hydrogens is 677 g/mol. The van der Waals surface area contributed by atoms with Crippen molar-refractivity contribution in [3.63, 3.8) is 0 Å². The zero-order chi connectivity index (χ0) is 33.4. The summed E-state index contributed by atoms with van der Waals surface area (Å²) < 4.78 is 5.75. The van der Waals surface area contributed by atoms with Crippen LogP contribution < -0.4 is 38.3 Å². The first-order valence-corrected chi connectivity index (χ1v) is 23.6. The monoisotopic (exact) mass is 714 g/mol. The quantitative estimate of drug-likeness (QED) is 0.183. The van der Waals surface area contributed by atoms with Crippen LogP contribution >= 0.6 is 0 Å². The van der Waals surface area contributed by atoms with Gasteiger partial charge >= 0.3 is 300 Å². The third-order valence-electron chi connectivity index (χ3n) is 10.7. The fourth-order valence-corrected chi connectivity index (χ4v) is 23.8. The molecule has 0 aromatic heterocycles. The first-order valence-electron chi connectivity index (χ1n) is 17.4. The van der Waals surface area contributed by atoms with Crippen LogP contribution in [0.3, 0.4) is 0 Å². The van der Waals surface area contributed by atoms with Crippen LogP contribution in [0.2, 0.25) is 0 Å². The normalized spacial score (nSPS) is 13.0. The minimum absolute atomic E-state index is 1.31. The second-order valence-electron chi connectivity index (χ2n) is 13.2. The Balaban J connectivity index is 1.37. The fraction of sp³-hybridized carbons (Fsp3) is 0. The van der Waals surface area contributed by atoms with Gasteiger partial charge in [-0.1, -0.05) is 0 Å². The van der Waals surface area contributed by atoms with Crippen molar-refractivity contribution in [1.82, 2.24) is 0 Å². The topological polar surface area (TPSA) is 0 Å². The first-order chi connectivity index (χ1) is 24.8. The average molecular weight is 714 g/mol. The standard InChI is InChI=1S/C48H36GeSi/c1-5-19-37(20-6-1)49(38-21-7-2-8-22-38,39-23-9-3-10-24-39)40-33-35-42(36-34-40)50(41-25-11-4-12-26-41)47-31-17-15-29-45(47)43-27-13-14-28-44(43)46-30-16-18-32-48(46)50/h1-36H. The number of rotatable bonds is 6. The second kappa shape index (κ2) is 12.8. The van der Waals surface area contributed by atoms with Crippen molar-refractivity contribution in [3.8, 4) is 22.3 Å². The van der Waals surface area contributed by atoms with E-state index in [9.17, 15) is 0 Å². The van der Waals surface area contributed by atoms with Crippen molar-refractivity contribution in [2.24, 2.45) is 0 Å². The van der Waals surface area contributed by atoms with E-state index in [1.807, 2.05) is 0 Å². The number of hydrogen-bond acceptors (Lipinski definition) is 0. The molecule has 8 aromatic rings. The van der Waals surface area contributed by atoms with E-state index >= 15 is 0 Å². The molecule has 9 rings (SSSR count). The van der Waals surface area contributed by atoms with Gasteiger partial charge in [-0.25, -0.2) is 0 Å². The summed E-state index contributed by atoms with van der Waals surface area (Å²) in [5.74, 6) is 0. The van der Waals surface area contributed by atoms with Crippen molar-refractivity contribution >= 4 is 59.7 Å². The molecule has 1 heterocycles. The zero-order valence-corrected chi connectivity index (χ0v) is 30.9. The van der Waals surface area contributed by atoms with Gasteiger partial charge in [-0.15, -0.1) is 0 Å². The third kappa shape index (κ3) is 4.65. The summed E-state index contributed by atoms with van der Waals surface area (Å²) >= 11 is -3.42. The van der Waals surface area contributed by atoms with Gasteiger partial charge in [0.1, 0.15) is 0 Å². The minimum atomic E-state index is -3.42. The predicted octanol–water partition coefficient (Wildman–Crippen LogP) is 6.09. The third-order valence-corrected chi connectivity index (χ3v) is 25.7. The molecule has 0 amide bonds. The molecule has 0 nitrogen and oxygen atoms in total. The van der Waals surface area contributed by atoms with E-state index in [2.05, 4.69) is 218 Å². The Bertz CT molecular complexity index is 2240. The molecule has 0 N–H and O–H groups in total. The van der Waals surface area contributed by atoms with Crippen LogP contribution in [0.4, 0.5) is 0 Å². The fourth-order valence-electron chi connectivity index (χ4n) is 8.70. The molecule has 1 aliphatic rings. The molecule has 0 atom stereocenters. The van der Waals surface area contributed by atoms with E-state index in [1.54, 1.807) is 0 Å². The zero-order valence-electron chi connectivity index (χ0n) is 27.8. The molecule has 2 heteroatoms. The number of benzene rings is 8. The molecule has 0 spiro atoms. The van der Waals surface area contributed by atoms with Gasteiger partial charge in [0, 0.05) is 0 Å². The molecule has 0 aliphatic carbocycles. The second-order valence-corrected chi connectivity index (χ2v) is 24.9. The molecule has 0 saturated carbocycles. The summed E-state index contributed by atoms with van der Waals surface area (Å²) in [6.07, 6.45) is 0. The Labute approximate surface area is 298 Å². The Hall–Kier alpha value is -5.48. The van der Waals surface area contributed by atoms with Crippen molar-refractivity contribution in [1.29, 1.82) is 0 Å². The van der Waals surface area contributed by atoms with Crippen LogP contribution in [0.15, 0.2) is 218 Å². The van der Waals surface area contributed by atoms with Crippen LogP contribution in [-0.2, 0) is 0 Å². The van der Waals surface area contributed by atoms with E-state index in [-0.39, 0.29) is 0 Å². The molecule has 0 fully saturated rings. The predicted molar refractivity (Wildman–Crippen MR) is 218 cm³/mol. The molecule has 0 bridgehead atoms. The van der Waals surface area contributed by atoms with E-state index in [1.165, 1.54) is 60.6 Å². The van der Waals surface area contributed by atoms with Crippen LogP contribution in [0.25, 0.3) is 22.3 Å². The summed E-state index contributed by atoms with van der Waals surface area (Å²) in [5.41, 5.74) is 5.29. The maximum atomic E-state index is 2.51. The van der Waals surface area contributed by atoms with E-state index in [0.717, 1.165) is 0 Å². The van der Waals surface area contributed by atoms with Crippen LogP contribution in [0.5, 0.6) is 0 Å². The Morgan fingerprint density at radius 2 is 0.540 bits per heavy atom. The Kier molecular flexibility index (Phi) is 7.80. The Morgan fingerprint density at radius 1 is 0.240 bits per heavy atom. The SMILES string of the molecule is c1ccc([Si]2(c3cc[c]([Ge]([c]4ccccc4)([c]4ccccc4)[c]4ccccc4)cc3)c3ccccc3-c3ccccc3-c3ccccc32)cc1. The van der Waals surface area contributed by atoms with Gasteiger partial charge in [0.25, 0.3) is 0 Å². The van der Waals surface area contributed by atoms with Gasteiger partial charge in [-0.3, -0.25) is 0 Å².